The van der Waals surface area contributed by atoms with Crippen LogP contribution in [0.4, 0.5) is 28.1 Å². The standard InChI is InChI=1S/C13H8Cl2O.C7H4Cl2O.C7H4ClO.C6H5Cl.CH3Cl.CH4.11FH.2Sb/c14-11-5-1-9(2-6-11)13(16)10-3-7-12(15)8-4-10;8-6-3-1-5(2-4-6)7(9)10;8-7-3-1-6(5-9)2-4-7;7-6-4-2-1-3-5-6;1-2;;;;;;;;;;;;;;/h1-8H;1-4H;1-4H;1-5H;1H3;1H4;11*1H;;/q;;+1;;;;;;;;;;;;;;;2*+5/p-11. The first-order valence-corrected chi connectivity index (χ1v) is 26.7. The molecule has 0 amide bonds. The van der Waals surface area contributed by atoms with Crippen LogP contribution in [-0.4, -0.2) is 64.3 Å². The van der Waals surface area contributed by atoms with Gasteiger partial charge in [-0.15, -0.1) is 16.4 Å². The summed E-state index contributed by atoms with van der Waals surface area (Å²) in [6.07, 6.45) is 3.22. The fraction of sp³-hybridized carbons (Fsp3) is 0.0571. The Hall–Kier alpha value is -2.08. The van der Waals surface area contributed by atoms with Crippen LogP contribution in [0.25, 0.3) is 0 Å². The fourth-order valence-corrected chi connectivity index (χ4v) is 3.66. The van der Waals surface area contributed by atoms with Crippen molar-refractivity contribution in [3.63, 3.8) is 0 Å². The Morgan fingerprint density at radius 1 is 0.448 bits per heavy atom. The van der Waals surface area contributed by atoms with E-state index in [0.29, 0.717) is 42.3 Å². The summed E-state index contributed by atoms with van der Waals surface area (Å²) in [7, 11) is 0. The second-order valence-electron chi connectivity index (χ2n) is 9.31. The molecule has 0 spiro atoms. The van der Waals surface area contributed by atoms with E-state index in [1.807, 2.05) is 30.3 Å². The first-order chi connectivity index (χ1) is 25.6. The van der Waals surface area contributed by atoms with E-state index < -0.39 is 45.8 Å². The molecule has 0 atom stereocenters. The van der Waals surface area contributed by atoms with Crippen molar-refractivity contribution in [2.24, 2.45) is 0 Å². The number of alkyl halides is 1. The average Bonchev–Trinajstić information content (AvgIpc) is 3.09. The zero-order chi connectivity index (χ0) is 43.8. The molecule has 5 rings (SSSR count). The summed E-state index contributed by atoms with van der Waals surface area (Å²) in [6, 6.07) is 36.0. The number of halogens is 18. The van der Waals surface area contributed by atoms with Crippen LogP contribution in [0, 0.1) is 0 Å². The van der Waals surface area contributed by atoms with E-state index in [1.54, 1.807) is 103 Å². The molecule has 23 heteroatoms. The molecule has 0 radical (unpaired) electrons. The predicted octanol–water partition coefficient (Wildman–Crippen LogP) is 13.0. The molecule has 58 heavy (non-hydrogen) atoms. The average molecular weight is 1200 g/mol. The Bertz CT molecular complexity index is 1800. The summed E-state index contributed by atoms with van der Waals surface area (Å²) in [4.78, 5) is 32.4. The Kier molecular flexibility index (Phi) is 32.4. The summed E-state index contributed by atoms with van der Waals surface area (Å²) in [6.45, 7) is 0. The van der Waals surface area contributed by atoms with Crippen molar-refractivity contribution in [1.29, 1.82) is 0 Å². The molecule has 0 aromatic heterocycles. The topological polar surface area (TPSA) is 51.2 Å². The molecule has 5 aromatic carbocycles. The number of carbonyl (C=O) groups excluding carboxylic acids is 3. The van der Waals surface area contributed by atoms with Crippen molar-refractivity contribution in [3.8, 4) is 0 Å². The summed E-state index contributed by atoms with van der Waals surface area (Å²) < 4.78 is 99.1. The van der Waals surface area contributed by atoms with Crippen molar-refractivity contribution < 1.29 is 47.2 Å². The molecule has 5 aromatic rings. The molecule has 0 aliphatic carbocycles. The van der Waals surface area contributed by atoms with E-state index in [1.165, 1.54) is 6.38 Å². The monoisotopic (exact) mass is 1190 g/mol. The molecule has 0 unspecified atom stereocenters. The van der Waals surface area contributed by atoms with Crippen molar-refractivity contribution in [2.75, 3.05) is 6.38 Å². The van der Waals surface area contributed by atoms with Gasteiger partial charge in [0.15, 0.2) is 5.78 Å². The summed E-state index contributed by atoms with van der Waals surface area (Å²) in [5.74, 6) is -0.0340. The zero-order valence-electron chi connectivity index (χ0n) is 28.0. The van der Waals surface area contributed by atoms with E-state index in [2.05, 4.69) is 11.6 Å². The minimum absolute atomic E-state index is 0. The fourth-order valence-electron chi connectivity index (χ4n) is 2.88. The maximum atomic E-state index is 12.0. The first kappa shape index (κ1) is 62.6. The van der Waals surface area contributed by atoms with Crippen LogP contribution in [-0.2, 0) is 4.79 Å². The zero-order valence-corrected chi connectivity index (χ0v) is 38.4. The van der Waals surface area contributed by atoms with Crippen molar-refractivity contribution in [3.05, 3.63) is 175 Å². The number of hydrogen-bond acceptors (Lipinski definition) is 3. The number of carbonyl (C=O) groups is 2. The van der Waals surface area contributed by atoms with Crippen LogP contribution in [0.3, 0.4) is 0 Å². The second-order valence-corrected chi connectivity index (χ2v) is 19.1. The van der Waals surface area contributed by atoms with E-state index in [-0.39, 0.29) is 17.9 Å². The number of benzene rings is 5. The van der Waals surface area contributed by atoms with Gasteiger partial charge in [-0.2, -0.15) is 0 Å². The number of ketones is 1. The second kappa shape index (κ2) is 30.0. The quantitative estimate of drug-likeness (QED) is 0.0450. The van der Waals surface area contributed by atoms with E-state index in [4.69, 9.17) is 69.6 Å². The van der Waals surface area contributed by atoms with Gasteiger partial charge >= 0.3 is 75.0 Å². The van der Waals surface area contributed by atoms with Gasteiger partial charge < -0.3 is 4.70 Å². The molecule has 0 aliphatic rings. The van der Waals surface area contributed by atoms with Crippen LogP contribution in [0.1, 0.15) is 39.3 Å². The normalized spacial score (nSPS) is 10.9. The van der Waals surface area contributed by atoms with Gasteiger partial charge in [0.05, 0.1) is 17.2 Å². The van der Waals surface area contributed by atoms with Gasteiger partial charge in [-0.3, -0.25) is 9.59 Å². The maximum absolute atomic E-state index is 12.0. The molecule has 3 nitrogen and oxygen atoms in total. The third kappa shape index (κ3) is 42.1. The Balaban J connectivity index is -0.000000309. The Labute approximate surface area is 371 Å². The molecule has 0 aliphatic heterocycles. The summed E-state index contributed by atoms with van der Waals surface area (Å²) in [5.41, 5.74) is 2.23. The van der Waals surface area contributed by atoms with Crippen LogP contribution >= 0.6 is 81.2 Å². The van der Waals surface area contributed by atoms with Gasteiger partial charge in [-0.05, 0) is 96.5 Å². The van der Waals surface area contributed by atoms with E-state index in [9.17, 15) is 42.5 Å². The van der Waals surface area contributed by atoms with Gasteiger partial charge in [0, 0.05) is 55.3 Å². The summed E-state index contributed by atoms with van der Waals surface area (Å²) >= 11 is 19.6. The minimum atomic E-state index is -9.19. The van der Waals surface area contributed by atoms with E-state index >= 15 is 0 Å². The molecule has 0 bridgehead atoms. The van der Waals surface area contributed by atoms with Crippen LogP contribution in [0.2, 0.25) is 25.1 Å². The SMILES string of the molecule is C.CCl.Clc1ccccc1.O=C(Cl)c1ccc(Cl)cc1.O=C(c1ccc(Cl)cc1)c1ccc(Cl)cc1.O=[C+]c1ccc(Cl)cc1.[F-].[F][Sb]([F])([F])([F])[F].[F][Sb]([F])([F])([F])[F]. The molecule has 0 fully saturated rings. The molecule has 0 heterocycles. The van der Waals surface area contributed by atoms with Gasteiger partial charge in [-0.1, -0.05) is 83.6 Å². The number of hydrogen-bond donors (Lipinski definition) is 0. The molecular weight excluding hydrogens is 1170 g/mol. The molecule has 0 N–H and O–H groups in total. The number of rotatable bonds is 4. The van der Waals surface area contributed by atoms with Crippen molar-refractivity contribution >= 4 is 139 Å². The molecular formula is C35H28Cl7F11O3Sb2. The van der Waals surface area contributed by atoms with Gasteiger partial charge in [0.1, 0.15) is 0 Å². The van der Waals surface area contributed by atoms with Gasteiger partial charge in [-0.25, -0.2) is 0 Å². The van der Waals surface area contributed by atoms with Crippen LogP contribution < -0.4 is 4.70 Å². The van der Waals surface area contributed by atoms with Crippen molar-refractivity contribution in [2.45, 2.75) is 7.43 Å². The summed E-state index contributed by atoms with van der Waals surface area (Å²) in [5, 5.41) is 2.80. The predicted molar refractivity (Wildman–Crippen MR) is 217 cm³/mol. The first-order valence-electron chi connectivity index (χ1n) is 14.0. The van der Waals surface area contributed by atoms with Gasteiger partial charge in [0.2, 0.25) is 5.56 Å². The third-order valence-electron chi connectivity index (χ3n) is 4.98. The molecule has 0 saturated carbocycles. The Morgan fingerprint density at radius 3 is 0.879 bits per heavy atom. The Morgan fingerprint density at radius 2 is 0.672 bits per heavy atom. The third-order valence-corrected chi connectivity index (χ3v) is 6.46. The van der Waals surface area contributed by atoms with Gasteiger partial charge in [0.25, 0.3) is 5.24 Å². The van der Waals surface area contributed by atoms with Crippen LogP contribution in [0.15, 0.2) is 127 Å². The van der Waals surface area contributed by atoms with E-state index in [0.717, 1.165) is 5.02 Å². The van der Waals surface area contributed by atoms with Crippen molar-refractivity contribution in [1.82, 2.24) is 0 Å². The molecule has 0 saturated heterocycles. The molecule has 322 valence electrons. The van der Waals surface area contributed by atoms with Crippen LogP contribution in [0.5, 0.6) is 0 Å².